The minimum Gasteiger partial charge on any atom is -0.309 e. The van der Waals surface area contributed by atoms with Gasteiger partial charge in [-0.2, -0.15) is 0 Å². The van der Waals surface area contributed by atoms with E-state index in [1.54, 1.807) is 0 Å². The van der Waals surface area contributed by atoms with Crippen LogP contribution >= 0.6 is 0 Å². The van der Waals surface area contributed by atoms with Gasteiger partial charge < -0.3 is 4.90 Å². The predicted molar refractivity (Wildman–Crippen MR) is 134 cm³/mol. The third-order valence-electron chi connectivity index (χ3n) is 8.39. The van der Waals surface area contributed by atoms with Gasteiger partial charge in [0.2, 0.25) is 5.91 Å². The van der Waals surface area contributed by atoms with Crippen molar-refractivity contribution in [3.8, 4) is 11.1 Å². The molecule has 0 N–H and O–H groups in total. The number of rotatable bonds is 2. The Hall–Kier alpha value is -3.39. The largest absolute Gasteiger partial charge is 0.309 e. The Morgan fingerprint density at radius 3 is 2.48 bits per heavy atom. The number of carbonyl (C=O) groups is 1. The van der Waals surface area contributed by atoms with E-state index in [1.165, 1.54) is 45.9 Å². The van der Waals surface area contributed by atoms with Crippen molar-refractivity contribution >= 4 is 22.4 Å². The van der Waals surface area contributed by atoms with Crippen LogP contribution in [0.2, 0.25) is 0 Å². The Bertz CT molecular complexity index is 1370. The minimum atomic E-state index is 0.122. The highest BCUT2D eigenvalue weighted by atomic mass is 16.2. The molecule has 162 valence electrons. The van der Waals surface area contributed by atoms with Crippen LogP contribution in [0.3, 0.4) is 0 Å². The molecular formula is C31H27NO. The van der Waals surface area contributed by atoms with E-state index in [-0.39, 0.29) is 5.92 Å². The molecule has 1 amide bonds. The second-order valence-electron chi connectivity index (χ2n) is 9.98. The summed E-state index contributed by atoms with van der Waals surface area (Å²) in [5, 5.41) is 2.59. The Balaban J connectivity index is 1.33. The second kappa shape index (κ2) is 7.31. The lowest BCUT2D eigenvalue weighted by Gasteiger charge is -2.41. The van der Waals surface area contributed by atoms with Gasteiger partial charge in [-0.3, -0.25) is 4.79 Å². The Morgan fingerprint density at radius 1 is 0.758 bits per heavy atom. The highest BCUT2D eigenvalue weighted by Gasteiger charge is 2.55. The summed E-state index contributed by atoms with van der Waals surface area (Å²) >= 11 is 0. The Morgan fingerprint density at radius 2 is 1.58 bits per heavy atom. The van der Waals surface area contributed by atoms with Crippen molar-refractivity contribution in [2.24, 2.45) is 11.8 Å². The highest BCUT2D eigenvalue weighted by Crippen LogP contribution is 2.54. The third-order valence-corrected chi connectivity index (χ3v) is 8.39. The van der Waals surface area contributed by atoms with Gasteiger partial charge in [0.15, 0.2) is 0 Å². The maximum atomic E-state index is 13.7. The van der Waals surface area contributed by atoms with Crippen molar-refractivity contribution in [2.45, 2.75) is 37.6 Å². The molecule has 2 fully saturated rings. The zero-order chi connectivity index (χ0) is 21.9. The number of nitrogens with zero attached hydrogens (tertiary/aromatic N) is 1. The summed E-state index contributed by atoms with van der Waals surface area (Å²) in [4.78, 5) is 15.8. The van der Waals surface area contributed by atoms with Gasteiger partial charge in [-0.15, -0.1) is 0 Å². The van der Waals surface area contributed by atoms with E-state index in [4.69, 9.17) is 0 Å². The average molecular weight is 430 g/mol. The molecule has 0 aromatic heterocycles. The van der Waals surface area contributed by atoms with E-state index < -0.39 is 0 Å². The summed E-state index contributed by atoms with van der Waals surface area (Å²) < 4.78 is 0. The standard InChI is InChI=1S/C31H27NO/c33-31-28-19-22-17-16-21(25-13-6-9-20-8-4-5-12-24(20)25)18-27(22)26-14-7-15-29(30(26)28)32(31)23-10-2-1-3-11-23/h1-6,8-13,16-18,26,28-30H,7,14-15,19H2. The molecule has 4 atom stereocenters. The lowest BCUT2D eigenvalue weighted by molar-refractivity contribution is -0.121. The third kappa shape index (κ3) is 2.83. The van der Waals surface area contributed by atoms with Gasteiger partial charge in [0, 0.05) is 17.6 Å². The van der Waals surface area contributed by atoms with Gasteiger partial charge in [0.1, 0.15) is 0 Å². The highest BCUT2D eigenvalue weighted by molar-refractivity contribution is 5.99. The first-order chi connectivity index (χ1) is 16.3. The first-order valence-electron chi connectivity index (χ1n) is 12.3. The number of para-hydroxylation sites is 1. The van der Waals surface area contributed by atoms with Crippen LogP contribution in [0, 0.1) is 11.8 Å². The second-order valence-corrected chi connectivity index (χ2v) is 9.98. The topological polar surface area (TPSA) is 20.3 Å². The smallest absolute Gasteiger partial charge is 0.231 e. The van der Waals surface area contributed by atoms with Crippen molar-refractivity contribution in [3.05, 3.63) is 102 Å². The lowest BCUT2D eigenvalue weighted by Crippen LogP contribution is -2.40. The molecule has 4 aromatic rings. The molecular weight excluding hydrogens is 402 g/mol. The van der Waals surface area contributed by atoms with Crippen molar-refractivity contribution < 1.29 is 4.79 Å². The van der Waals surface area contributed by atoms with E-state index in [0.29, 0.717) is 23.8 Å². The van der Waals surface area contributed by atoms with Gasteiger partial charge in [-0.05, 0) is 76.3 Å². The van der Waals surface area contributed by atoms with Gasteiger partial charge in [-0.1, -0.05) is 85.3 Å². The molecule has 4 unspecified atom stereocenters. The summed E-state index contributed by atoms with van der Waals surface area (Å²) in [6, 6.07) is 33.0. The van der Waals surface area contributed by atoms with Crippen LogP contribution in [0.15, 0.2) is 91.0 Å². The maximum Gasteiger partial charge on any atom is 0.231 e. The van der Waals surface area contributed by atoms with Crippen molar-refractivity contribution in [1.82, 2.24) is 0 Å². The molecule has 0 spiro atoms. The number of anilines is 1. The average Bonchev–Trinajstić information content (AvgIpc) is 3.16. The lowest BCUT2D eigenvalue weighted by atomic mass is 9.63. The van der Waals surface area contributed by atoms with Crippen LogP contribution in [-0.2, 0) is 11.2 Å². The fourth-order valence-corrected chi connectivity index (χ4v) is 7.06. The van der Waals surface area contributed by atoms with E-state index in [1.807, 2.05) is 6.07 Å². The Kier molecular flexibility index (Phi) is 4.24. The number of carbonyl (C=O) groups excluding carboxylic acids is 1. The minimum absolute atomic E-state index is 0.122. The SMILES string of the molecule is O=C1C2Cc3ccc(-c4cccc5ccccc45)cc3C3CCCC(C23)N1c1ccccc1. The van der Waals surface area contributed by atoms with E-state index >= 15 is 0 Å². The molecule has 7 rings (SSSR count). The predicted octanol–water partition coefficient (Wildman–Crippen LogP) is 6.98. The number of hydrogen-bond donors (Lipinski definition) is 0. The van der Waals surface area contributed by atoms with E-state index in [2.05, 4.69) is 89.8 Å². The summed E-state index contributed by atoms with van der Waals surface area (Å²) in [7, 11) is 0. The van der Waals surface area contributed by atoms with Crippen molar-refractivity contribution in [2.75, 3.05) is 4.90 Å². The van der Waals surface area contributed by atoms with Gasteiger partial charge in [0.05, 0.1) is 0 Å². The first kappa shape index (κ1) is 19.1. The van der Waals surface area contributed by atoms with Crippen LogP contribution in [0.25, 0.3) is 21.9 Å². The van der Waals surface area contributed by atoms with Crippen LogP contribution in [0.5, 0.6) is 0 Å². The summed E-state index contributed by atoms with van der Waals surface area (Å²) in [6.45, 7) is 0. The molecule has 33 heavy (non-hydrogen) atoms. The molecule has 0 radical (unpaired) electrons. The molecule has 1 heterocycles. The molecule has 3 aliphatic rings. The maximum absolute atomic E-state index is 13.7. The molecule has 4 aromatic carbocycles. The summed E-state index contributed by atoms with van der Waals surface area (Å²) in [5.41, 5.74) is 6.56. The molecule has 2 aliphatic carbocycles. The van der Waals surface area contributed by atoms with Gasteiger partial charge in [0.25, 0.3) is 0 Å². The monoisotopic (exact) mass is 429 g/mol. The fraction of sp³-hybridized carbons (Fsp3) is 0.258. The van der Waals surface area contributed by atoms with Crippen LogP contribution in [0.4, 0.5) is 5.69 Å². The molecule has 1 aliphatic heterocycles. The number of hydrogen-bond acceptors (Lipinski definition) is 1. The zero-order valence-electron chi connectivity index (χ0n) is 18.7. The van der Waals surface area contributed by atoms with E-state index in [0.717, 1.165) is 18.5 Å². The van der Waals surface area contributed by atoms with E-state index in [9.17, 15) is 4.79 Å². The quantitative estimate of drug-likeness (QED) is 0.337. The summed E-state index contributed by atoms with van der Waals surface area (Å²) in [5.74, 6) is 1.37. The molecule has 2 heteroatoms. The van der Waals surface area contributed by atoms with Crippen molar-refractivity contribution in [1.29, 1.82) is 0 Å². The fourth-order valence-electron chi connectivity index (χ4n) is 7.06. The first-order valence-corrected chi connectivity index (χ1v) is 12.3. The molecule has 2 nitrogen and oxygen atoms in total. The van der Waals surface area contributed by atoms with Crippen LogP contribution in [-0.4, -0.2) is 11.9 Å². The zero-order valence-corrected chi connectivity index (χ0v) is 18.7. The van der Waals surface area contributed by atoms with Crippen LogP contribution in [0.1, 0.15) is 36.3 Å². The van der Waals surface area contributed by atoms with Gasteiger partial charge in [-0.25, -0.2) is 0 Å². The van der Waals surface area contributed by atoms with Crippen LogP contribution < -0.4 is 4.90 Å². The molecule has 1 saturated heterocycles. The van der Waals surface area contributed by atoms with Crippen molar-refractivity contribution in [3.63, 3.8) is 0 Å². The Labute approximate surface area is 194 Å². The molecule has 1 saturated carbocycles. The molecule has 0 bridgehead atoms. The number of benzene rings is 4. The van der Waals surface area contributed by atoms with Gasteiger partial charge >= 0.3 is 0 Å². The summed E-state index contributed by atoms with van der Waals surface area (Å²) in [6.07, 6.45) is 4.38. The normalized spacial score (nSPS) is 25.7. The number of amides is 1. The number of fused-ring (bicyclic) bond motifs is 3.